The Bertz CT molecular complexity index is 470. The van der Waals surface area contributed by atoms with Gasteiger partial charge < -0.3 is 19.1 Å². The molecule has 2 aliphatic rings. The van der Waals surface area contributed by atoms with Crippen molar-refractivity contribution in [2.75, 3.05) is 26.3 Å². The lowest BCUT2D eigenvalue weighted by Crippen LogP contribution is -2.53. The van der Waals surface area contributed by atoms with E-state index in [0.717, 1.165) is 0 Å². The fourth-order valence-electron chi connectivity index (χ4n) is 2.35. The SMILES string of the molecule is C[C@@H]1Oc2ccccc2O[C@@H]1C(=O)N1CCOCC1. The highest BCUT2D eigenvalue weighted by atomic mass is 16.6. The molecular formula is C14H17NO4. The van der Waals surface area contributed by atoms with Gasteiger partial charge in [0.2, 0.25) is 6.10 Å². The monoisotopic (exact) mass is 263 g/mol. The average molecular weight is 263 g/mol. The van der Waals surface area contributed by atoms with Crippen LogP contribution in [-0.2, 0) is 9.53 Å². The first-order valence-corrected chi connectivity index (χ1v) is 6.54. The molecular weight excluding hydrogens is 246 g/mol. The molecule has 1 amide bonds. The van der Waals surface area contributed by atoms with E-state index in [0.29, 0.717) is 37.8 Å². The van der Waals surface area contributed by atoms with Crippen molar-refractivity contribution in [3.05, 3.63) is 24.3 Å². The Balaban J connectivity index is 1.76. The summed E-state index contributed by atoms with van der Waals surface area (Å²) >= 11 is 0. The second kappa shape index (κ2) is 5.09. The van der Waals surface area contributed by atoms with Crippen molar-refractivity contribution < 1.29 is 19.0 Å². The number of nitrogens with zero attached hydrogens (tertiary/aromatic N) is 1. The van der Waals surface area contributed by atoms with Crippen molar-refractivity contribution in [3.8, 4) is 11.5 Å². The maximum Gasteiger partial charge on any atom is 0.267 e. The maximum atomic E-state index is 12.4. The molecule has 0 radical (unpaired) electrons. The summed E-state index contributed by atoms with van der Waals surface area (Å²) in [4.78, 5) is 14.2. The summed E-state index contributed by atoms with van der Waals surface area (Å²) in [6.07, 6.45) is -0.863. The summed E-state index contributed by atoms with van der Waals surface area (Å²) in [6.45, 7) is 4.27. The van der Waals surface area contributed by atoms with Gasteiger partial charge in [0.05, 0.1) is 13.2 Å². The van der Waals surface area contributed by atoms with E-state index < -0.39 is 6.10 Å². The highest BCUT2D eigenvalue weighted by Gasteiger charge is 2.37. The van der Waals surface area contributed by atoms with Gasteiger partial charge in [0.15, 0.2) is 11.5 Å². The Morgan fingerprint density at radius 2 is 1.79 bits per heavy atom. The predicted octanol–water partition coefficient (Wildman–Crippen LogP) is 1.07. The maximum absolute atomic E-state index is 12.4. The minimum Gasteiger partial charge on any atom is -0.482 e. The number of fused-ring (bicyclic) bond motifs is 1. The van der Waals surface area contributed by atoms with E-state index in [1.54, 1.807) is 4.90 Å². The molecule has 0 spiro atoms. The van der Waals surface area contributed by atoms with Crippen molar-refractivity contribution in [3.63, 3.8) is 0 Å². The van der Waals surface area contributed by atoms with Gasteiger partial charge >= 0.3 is 0 Å². The Morgan fingerprint density at radius 1 is 1.16 bits per heavy atom. The van der Waals surface area contributed by atoms with Crippen LogP contribution in [0.4, 0.5) is 0 Å². The first-order chi connectivity index (χ1) is 9.25. The third-order valence-electron chi connectivity index (χ3n) is 3.41. The van der Waals surface area contributed by atoms with Crippen LogP contribution in [0.3, 0.4) is 0 Å². The number of ether oxygens (including phenoxy) is 3. The third-order valence-corrected chi connectivity index (χ3v) is 3.41. The van der Waals surface area contributed by atoms with Crippen molar-refractivity contribution >= 4 is 5.91 Å². The van der Waals surface area contributed by atoms with Gasteiger partial charge in [-0.2, -0.15) is 0 Å². The Hall–Kier alpha value is -1.75. The normalized spacial score (nSPS) is 26.1. The molecule has 1 aromatic rings. The topological polar surface area (TPSA) is 48.0 Å². The quantitative estimate of drug-likeness (QED) is 0.760. The van der Waals surface area contributed by atoms with Crippen LogP contribution in [-0.4, -0.2) is 49.3 Å². The predicted molar refractivity (Wildman–Crippen MR) is 68.3 cm³/mol. The minimum absolute atomic E-state index is 0.0229. The molecule has 2 heterocycles. The second-order valence-electron chi connectivity index (χ2n) is 4.75. The third kappa shape index (κ3) is 2.38. The highest BCUT2D eigenvalue weighted by Crippen LogP contribution is 2.33. The summed E-state index contributed by atoms with van der Waals surface area (Å²) in [5, 5.41) is 0. The van der Waals surface area contributed by atoms with Gasteiger partial charge in [-0.25, -0.2) is 0 Å². The van der Waals surface area contributed by atoms with Gasteiger partial charge in [-0.15, -0.1) is 0 Å². The molecule has 0 unspecified atom stereocenters. The lowest BCUT2D eigenvalue weighted by molar-refractivity contribution is -0.148. The number of morpholine rings is 1. The number of para-hydroxylation sites is 2. The summed E-state index contributed by atoms with van der Waals surface area (Å²) in [5.41, 5.74) is 0. The van der Waals surface area contributed by atoms with E-state index in [1.165, 1.54) is 0 Å². The fraction of sp³-hybridized carbons (Fsp3) is 0.500. The average Bonchev–Trinajstić information content (AvgIpc) is 2.47. The van der Waals surface area contributed by atoms with Crippen LogP contribution in [0.2, 0.25) is 0 Å². The summed E-state index contributed by atoms with van der Waals surface area (Å²) in [6, 6.07) is 7.43. The van der Waals surface area contributed by atoms with Crippen LogP contribution in [0.1, 0.15) is 6.92 Å². The molecule has 1 aromatic carbocycles. The van der Waals surface area contributed by atoms with E-state index >= 15 is 0 Å². The Kier molecular flexibility index (Phi) is 3.29. The molecule has 3 rings (SSSR count). The van der Waals surface area contributed by atoms with Gasteiger partial charge in [0, 0.05) is 13.1 Å². The first kappa shape index (κ1) is 12.3. The van der Waals surface area contributed by atoms with E-state index in [1.807, 2.05) is 31.2 Å². The van der Waals surface area contributed by atoms with Gasteiger partial charge in [0.1, 0.15) is 6.10 Å². The van der Waals surface area contributed by atoms with Gasteiger partial charge in [-0.3, -0.25) is 4.79 Å². The van der Waals surface area contributed by atoms with E-state index in [9.17, 15) is 4.79 Å². The standard InChI is InChI=1S/C14H17NO4/c1-10-13(14(16)15-6-8-17-9-7-15)19-12-5-3-2-4-11(12)18-10/h2-5,10,13H,6-9H2,1H3/t10-,13-/m0/s1. The number of carbonyl (C=O) groups excluding carboxylic acids is 1. The van der Waals surface area contributed by atoms with Crippen molar-refractivity contribution in [1.82, 2.24) is 4.90 Å². The van der Waals surface area contributed by atoms with Crippen LogP contribution >= 0.6 is 0 Å². The molecule has 5 heteroatoms. The number of benzene rings is 1. The fourth-order valence-corrected chi connectivity index (χ4v) is 2.35. The van der Waals surface area contributed by atoms with E-state index in [2.05, 4.69) is 0 Å². The number of carbonyl (C=O) groups is 1. The smallest absolute Gasteiger partial charge is 0.267 e. The second-order valence-corrected chi connectivity index (χ2v) is 4.75. The minimum atomic E-state index is -0.576. The molecule has 0 N–H and O–H groups in total. The molecule has 2 aliphatic heterocycles. The Labute approximate surface area is 112 Å². The molecule has 2 atom stereocenters. The molecule has 0 bridgehead atoms. The zero-order valence-corrected chi connectivity index (χ0v) is 10.9. The molecule has 1 saturated heterocycles. The summed E-state index contributed by atoms with van der Waals surface area (Å²) < 4.78 is 16.8. The van der Waals surface area contributed by atoms with Crippen LogP contribution < -0.4 is 9.47 Å². The lowest BCUT2D eigenvalue weighted by Gasteiger charge is -2.35. The van der Waals surface area contributed by atoms with Crippen LogP contribution in [0.5, 0.6) is 11.5 Å². The number of rotatable bonds is 1. The summed E-state index contributed by atoms with van der Waals surface area (Å²) in [7, 11) is 0. The molecule has 5 nitrogen and oxygen atoms in total. The Morgan fingerprint density at radius 3 is 2.47 bits per heavy atom. The molecule has 0 saturated carbocycles. The first-order valence-electron chi connectivity index (χ1n) is 6.54. The number of hydrogen-bond donors (Lipinski definition) is 0. The zero-order valence-electron chi connectivity index (χ0n) is 10.9. The van der Waals surface area contributed by atoms with Crippen LogP contribution in [0.15, 0.2) is 24.3 Å². The molecule has 0 aromatic heterocycles. The van der Waals surface area contributed by atoms with Gasteiger partial charge in [0.25, 0.3) is 5.91 Å². The molecule has 1 fully saturated rings. The van der Waals surface area contributed by atoms with Crippen LogP contribution in [0.25, 0.3) is 0 Å². The highest BCUT2D eigenvalue weighted by molar-refractivity contribution is 5.82. The number of amides is 1. The van der Waals surface area contributed by atoms with Gasteiger partial charge in [-0.05, 0) is 19.1 Å². The van der Waals surface area contributed by atoms with Crippen molar-refractivity contribution in [2.24, 2.45) is 0 Å². The lowest BCUT2D eigenvalue weighted by atomic mass is 10.1. The van der Waals surface area contributed by atoms with Crippen molar-refractivity contribution in [1.29, 1.82) is 0 Å². The number of hydrogen-bond acceptors (Lipinski definition) is 4. The van der Waals surface area contributed by atoms with E-state index in [4.69, 9.17) is 14.2 Å². The van der Waals surface area contributed by atoms with Gasteiger partial charge in [-0.1, -0.05) is 12.1 Å². The molecule has 102 valence electrons. The molecule has 19 heavy (non-hydrogen) atoms. The molecule has 0 aliphatic carbocycles. The van der Waals surface area contributed by atoms with E-state index in [-0.39, 0.29) is 12.0 Å². The largest absolute Gasteiger partial charge is 0.482 e. The van der Waals surface area contributed by atoms with Crippen molar-refractivity contribution in [2.45, 2.75) is 19.1 Å². The zero-order chi connectivity index (χ0) is 13.2. The van der Waals surface area contributed by atoms with Crippen LogP contribution in [0, 0.1) is 0 Å². The summed E-state index contributed by atoms with van der Waals surface area (Å²) in [5.74, 6) is 1.30.